The third-order valence-corrected chi connectivity index (χ3v) is 3.08. The predicted octanol–water partition coefficient (Wildman–Crippen LogP) is 3.13. The van der Waals surface area contributed by atoms with Gasteiger partial charge in [-0.15, -0.1) is 0 Å². The van der Waals surface area contributed by atoms with Crippen molar-refractivity contribution < 1.29 is 0 Å². The zero-order chi connectivity index (χ0) is 9.97. The molecule has 1 unspecified atom stereocenters. The third-order valence-electron chi connectivity index (χ3n) is 2.55. The van der Waals surface area contributed by atoms with E-state index >= 15 is 0 Å². The van der Waals surface area contributed by atoms with E-state index in [1.54, 1.807) is 0 Å². The summed E-state index contributed by atoms with van der Waals surface area (Å²) in [5, 5.41) is 3.61. The largest absolute Gasteiger partial charge is 0.311 e. The molecule has 0 aromatic heterocycles. The lowest BCUT2D eigenvalue weighted by atomic mass is 10.1. The van der Waals surface area contributed by atoms with Gasteiger partial charge in [0.15, 0.2) is 0 Å². The number of nitrogens with one attached hydrogen (secondary N) is 1. The zero-order valence-electron chi connectivity index (χ0n) is 8.46. The van der Waals surface area contributed by atoms with Gasteiger partial charge in [0, 0.05) is 16.6 Å². The van der Waals surface area contributed by atoms with Gasteiger partial charge in [0.25, 0.3) is 0 Å². The van der Waals surface area contributed by atoms with Crippen molar-refractivity contribution in [1.29, 1.82) is 0 Å². The molecule has 1 aromatic carbocycles. The van der Waals surface area contributed by atoms with E-state index in [1.165, 1.54) is 18.4 Å². The van der Waals surface area contributed by atoms with Crippen LogP contribution in [0.2, 0.25) is 0 Å². The van der Waals surface area contributed by atoms with Crippen LogP contribution in [0.25, 0.3) is 0 Å². The second-order valence-corrected chi connectivity index (χ2v) is 5.09. The minimum Gasteiger partial charge on any atom is -0.311 e. The summed E-state index contributed by atoms with van der Waals surface area (Å²) in [6.07, 6.45) is 3.86. The first-order valence-corrected chi connectivity index (χ1v) is 6.04. The number of rotatable bonds is 4. The fraction of sp³-hybridized carbons (Fsp3) is 0.500. The summed E-state index contributed by atoms with van der Waals surface area (Å²) in [6, 6.07) is 10.0. The third kappa shape index (κ3) is 3.10. The fourth-order valence-electron chi connectivity index (χ4n) is 1.69. The molecule has 0 saturated heterocycles. The maximum absolute atomic E-state index is 3.61. The van der Waals surface area contributed by atoms with Crippen LogP contribution in [0.1, 0.15) is 25.3 Å². The topological polar surface area (TPSA) is 12.0 Å². The van der Waals surface area contributed by atoms with E-state index in [1.807, 2.05) is 0 Å². The number of halogens is 1. The summed E-state index contributed by atoms with van der Waals surface area (Å²) in [5.74, 6) is 0. The van der Waals surface area contributed by atoms with Crippen LogP contribution in [0.15, 0.2) is 28.7 Å². The minimum atomic E-state index is 0.601. The fourth-order valence-corrected chi connectivity index (χ4v) is 1.95. The van der Waals surface area contributed by atoms with E-state index < -0.39 is 0 Å². The van der Waals surface area contributed by atoms with Crippen molar-refractivity contribution >= 4 is 15.9 Å². The Morgan fingerprint density at radius 3 is 2.57 bits per heavy atom. The molecule has 1 N–H and O–H groups in total. The van der Waals surface area contributed by atoms with Gasteiger partial charge in [0.05, 0.1) is 0 Å². The van der Waals surface area contributed by atoms with E-state index in [2.05, 4.69) is 52.4 Å². The van der Waals surface area contributed by atoms with E-state index in [0.29, 0.717) is 6.04 Å². The van der Waals surface area contributed by atoms with E-state index in [0.717, 1.165) is 16.9 Å². The average Bonchev–Trinajstić information content (AvgIpc) is 2.93. The number of hydrogen-bond donors (Lipinski definition) is 1. The summed E-state index contributed by atoms with van der Waals surface area (Å²) in [4.78, 5) is 0. The Kier molecular flexibility index (Phi) is 3.24. The second-order valence-electron chi connectivity index (χ2n) is 4.17. The highest BCUT2D eigenvalue weighted by molar-refractivity contribution is 9.10. The highest BCUT2D eigenvalue weighted by Gasteiger charge is 2.22. The molecule has 1 nitrogen and oxygen atoms in total. The van der Waals surface area contributed by atoms with Crippen LogP contribution in [0.5, 0.6) is 0 Å². The Hall–Kier alpha value is -0.340. The van der Waals surface area contributed by atoms with E-state index in [9.17, 15) is 0 Å². The van der Waals surface area contributed by atoms with Crippen molar-refractivity contribution in [3.05, 3.63) is 34.3 Å². The normalized spacial score (nSPS) is 18.1. The first-order chi connectivity index (χ1) is 6.74. The second kappa shape index (κ2) is 4.45. The Morgan fingerprint density at radius 2 is 2.00 bits per heavy atom. The van der Waals surface area contributed by atoms with Crippen LogP contribution in [-0.2, 0) is 6.42 Å². The summed E-state index contributed by atoms with van der Waals surface area (Å²) in [5.41, 5.74) is 1.41. The lowest BCUT2D eigenvalue weighted by Crippen LogP contribution is -2.29. The maximum atomic E-state index is 3.61. The first-order valence-electron chi connectivity index (χ1n) is 5.24. The van der Waals surface area contributed by atoms with Crippen molar-refractivity contribution in [3.8, 4) is 0 Å². The summed E-state index contributed by atoms with van der Waals surface area (Å²) in [6.45, 7) is 2.26. The standard InChI is InChI=1S/C12H16BrN/c1-9(14-12-6-7-12)8-10-2-4-11(13)5-3-10/h2-5,9,12,14H,6-8H2,1H3. The van der Waals surface area contributed by atoms with Gasteiger partial charge in [-0.3, -0.25) is 0 Å². The van der Waals surface area contributed by atoms with Gasteiger partial charge in [-0.05, 0) is 43.9 Å². The molecule has 1 aliphatic rings. The molecule has 0 bridgehead atoms. The van der Waals surface area contributed by atoms with Gasteiger partial charge in [0.2, 0.25) is 0 Å². The lowest BCUT2D eigenvalue weighted by molar-refractivity contribution is 0.542. The molecular weight excluding hydrogens is 238 g/mol. The number of benzene rings is 1. The van der Waals surface area contributed by atoms with Crippen LogP contribution in [-0.4, -0.2) is 12.1 Å². The van der Waals surface area contributed by atoms with E-state index in [4.69, 9.17) is 0 Å². The van der Waals surface area contributed by atoms with Gasteiger partial charge < -0.3 is 5.32 Å². The van der Waals surface area contributed by atoms with Crippen molar-refractivity contribution in [1.82, 2.24) is 5.32 Å². The van der Waals surface area contributed by atoms with Crippen molar-refractivity contribution in [2.75, 3.05) is 0 Å². The van der Waals surface area contributed by atoms with Crippen LogP contribution in [0.3, 0.4) is 0 Å². The Balaban J connectivity index is 1.85. The Labute approximate surface area is 94.0 Å². The van der Waals surface area contributed by atoms with Gasteiger partial charge in [-0.2, -0.15) is 0 Å². The van der Waals surface area contributed by atoms with Crippen LogP contribution in [0, 0.1) is 0 Å². The molecule has 1 aromatic rings. The van der Waals surface area contributed by atoms with Gasteiger partial charge in [-0.25, -0.2) is 0 Å². The molecule has 0 aliphatic heterocycles. The van der Waals surface area contributed by atoms with Gasteiger partial charge in [0.1, 0.15) is 0 Å². The summed E-state index contributed by atoms with van der Waals surface area (Å²) < 4.78 is 1.16. The zero-order valence-corrected chi connectivity index (χ0v) is 10.0. The molecule has 2 heteroatoms. The van der Waals surface area contributed by atoms with Crippen LogP contribution < -0.4 is 5.32 Å². The molecule has 0 spiro atoms. The highest BCUT2D eigenvalue weighted by atomic mass is 79.9. The monoisotopic (exact) mass is 253 g/mol. The summed E-state index contributed by atoms with van der Waals surface area (Å²) in [7, 11) is 0. The van der Waals surface area contributed by atoms with Crippen molar-refractivity contribution in [2.45, 2.75) is 38.3 Å². The van der Waals surface area contributed by atoms with Gasteiger partial charge in [-0.1, -0.05) is 28.1 Å². The molecule has 0 amide bonds. The molecule has 0 radical (unpaired) electrons. The predicted molar refractivity (Wildman–Crippen MR) is 63.5 cm³/mol. The maximum Gasteiger partial charge on any atom is 0.0175 e. The van der Waals surface area contributed by atoms with Crippen LogP contribution in [0.4, 0.5) is 0 Å². The quantitative estimate of drug-likeness (QED) is 0.870. The summed E-state index contributed by atoms with van der Waals surface area (Å²) >= 11 is 3.45. The molecule has 1 atom stereocenters. The molecule has 14 heavy (non-hydrogen) atoms. The molecule has 76 valence electrons. The van der Waals surface area contributed by atoms with E-state index in [-0.39, 0.29) is 0 Å². The Bertz CT molecular complexity index is 290. The number of hydrogen-bond acceptors (Lipinski definition) is 1. The first kappa shape index (κ1) is 10.2. The van der Waals surface area contributed by atoms with Gasteiger partial charge >= 0.3 is 0 Å². The smallest absolute Gasteiger partial charge is 0.0175 e. The minimum absolute atomic E-state index is 0.601. The molecule has 1 fully saturated rings. The van der Waals surface area contributed by atoms with Crippen molar-refractivity contribution in [3.63, 3.8) is 0 Å². The molecule has 1 aliphatic carbocycles. The van der Waals surface area contributed by atoms with Crippen LogP contribution >= 0.6 is 15.9 Å². The molecule has 1 saturated carbocycles. The molecular formula is C12H16BrN. The Morgan fingerprint density at radius 1 is 1.36 bits per heavy atom. The highest BCUT2D eigenvalue weighted by Crippen LogP contribution is 2.20. The van der Waals surface area contributed by atoms with Crippen molar-refractivity contribution in [2.24, 2.45) is 0 Å². The average molecular weight is 254 g/mol. The SMILES string of the molecule is CC(Cc1ccc(Br)cc1)NC1CC1. The molecule has 0 heterocycles. The lowest BCUT2D eigenvalue weighted by Gasteiger charge is -2.12. The molecule has 2 rings (SSSR count).